The molecule has 9 nitrogen and oxygen atoms in total. The molecule has 0 unspecified atom stereocenters. The van der Waals surface area contributed by atoms with Crippen LogP contribution in [0.3, 0.4) is 0 Å². The van der Waals surface area contributed by atoms with Gasteiger partial charge in [0.25, 0.3) is 5.91 Å². The van der Waals surface area contributed by atoms with E-state index in [0.29, 0.717) is 50.2 Å². The second-order valence-corrected chi connectivity index (χ2v) is 5.68. The topological polar surface area (TPSA) is 94.4 Å². The molecule has 1 fully saturated rings. The summed E-state index contributed by atoms with van der Waals surface area (Å²) in [5, 5.41) is 7.37. The molecule has 1 saturated heterocycles. The zero-order chi connectivity index (χ0) is 17.6. The van der Waals surface area contributed by atoms with Crippen LogP contribution in [0.15, 0.2) is 24.5 Å². The highest BCUT2D eigenvalue weighted by atomic mass is 16.5. The summed E-state index contributed by atoms with van der Waals surface area (Å²) in [6.45, 7) is 2.55. The molecule has 2 aromatic heterocycles. The molecule has 0 aromatic carbocycles. The molecular formula is C16H22N6O3. The van der Waals surface area contributed by atoms with Crippen LogP contribution in [0.4, 0.5) is 5.82 Å². The van der Waals surface area contributed by atoms with Gasteiger partial charge in [-0.05, 0) is 12.1 Å². The highest BCUT2D eigenvalue weighted by Crippen LogP contribution is 2.23. The van der Waals surface area contributed by atoms with E-state index in [1.807, 2.05) is 0 Å². The van der Waals surface area contributed by atoms with E-state index in [0.717, 1.165) is 0 Å². The van der Waals surface area contributed by atoms with Crippen LogP contribution in [0.2, 0.25) is 0 Å². The second kappa shape index (κ2) is 8.04. The average molecular weight is 346 g/mol. The van der Waals surface area contributed by atoms with Crippen molar-refractivity contribution < 1.29 is 14.3 Å². The number of hydrogen-bond acceptors (Lipinski definition) is 7. The Morgan fingerprint density at radius 2 is 2.36 bits per heavy atom. The Bertz CT molecular complexity index is 719. The van der Waals surface area contributed by atoms with Crippen molar-refractivity contribution in [2.75, 3.05) is 45.3 Å². The first-order valence-corrected chi connectivity index (χ1v) is 8.13. The Balaban J connectivity index is 1.78. The van der Waals surface area contributed by atoms with Gasteiger partial charge in [-0.3, -0.25) is 9.48 Å². The number of nitrogens with one attached hydrogen (secondary N) is 1. The van der Waals surface area contributed by atoms with Crippen LogP contribution < -0.4 is 5.32 Å². The number of methoxy groups -OCH3 is 1. The first-order valence-electron chi connectivity index (χ1n) is 8.13. The summed E-state index contributed by atoms with van der Waals surface area (Å²) in [6.07, 6.45) is 3.43. The van der Waals surface area contributed by atoms with E-state index in [-0.39, 0.29) is 11.9 Å². The normalized spacial score (nSPS) is 17.5. The first kappa shape index (κ1) is 17.3. The zero-order valence-electron chi connectivity index (χ0n) is 14.4. The lowest BCUT2D eigenvalue weighted by Gasteiger charge is -2.34. The van der Waals surface area contributed by atoms with Crippen LogP contribution in [0.1, 0.15) is 22.4 Å². The van der Waals surface area contributed by atoms with Crippen LogP contribution in [-0.4, -0.2) is 70.6 Å². The summed E-state index contributed by atoms with van der Waals surface area (Å²) in [4.78, 5) is 23.4. The molecule has 0 saturated carbocycles. The molecule has 0 bridgehead atoms. The second-order valence-electron chi connectivity index (χ2n) is 5.68. The summed E-state index contributed by atoms with van der Waals surface area (Å²) in [5.74, 6) is 1.10. The predicted molar refractivity (Wildman–Crippen MR) is 90.2 cm³/mol. The number of aryl methyl sites for hydroxylation is 1. The van der Waals surface area contributed by atoms with Gasteiger partial charge >= 0.3 is 0 Å². The summed E-state index contributed by atoms with van der Waals surface area (Å²) in [5.41, 5.74) is 0.406. The third-order valence-electron chi connectivity index (χ3n) is 3.91. The molecule has 1 aliphatic heterocycles. The number of hydrogen-bond donors (Lipinski definition) is 1. The third kappa shape index (κ3) is 4.12. The van der Waals surface area contributed by atoms with E-state index >= 15 is 0 Å². The lowest BCUT2D eigenvalue weighted by atomic mass is 10.2. The Morgan fingerprint density at radius 3 is 3.12 bits per heavy atom. The van der Waals surface area contributed by atoms with Gasteiger partial charge in [-0.2, -0.15) is 5.10 Å². The van der Waals surface area contributed by atoms with Crippen LogP contribution in [0, 0.1) is 0 Å². The molecule has 1 amide bonds. The number of carbonyl (C=O) groups excluding carboxylic acids is 1. The molecule has 25 heavy (non-hydrogen) atoms. The minimum atomic E-state index is -0.340. The number of anilines is 1. The lowest BCUT2D eigenvalue weighted by Crippen LogP contribution is -2.44. The smallest absolute Gasteiger partial charge is 0.275 e. The van der Waals surface area contributed by atoms with Gasteiger partial charge in [-0.1, -0.05) is 0 Å². The average Bonchev–Trinajstić information content (AvgIpc) is 3.08. The minimum absolute atomic E-state index is 0.143. The number of carbonyl (C=O) groups is 1. The SMILES string of the molecule is COCCNc1ccnc([C@H]2COCCN2C(=O)c2ccn(C)n2)n1. The monoisotopic (exact) mass is 346 g/mol. The Labute approximate surface area is 146 Å². The highest BCUT2D eigenvalue weighted by molar-refractivity contribution is 5.92. The maximum atomic E-state index is 12.8. The number of amides is 1. The Kier molecular flexibility index (Phi) is 5.56. The molecule has 134 valence electrons. The van der Waals surface area contributed by atoms with E-state index in [1.165, 1.54) is 0 Å². The fraction of sp³-hybridized carbons (Fsp3) is 0.500. The Hall–Kier alpha value is -2.52. The van der Waals surface area contributed by atoms with Crippen molar-refractivity contribution in [2.45, 2.75) is 6.04 Å². The van der Waals surface area contributed by atoms with Crippen molar-refractivity contribution >= 4 is 11.7 Å². The summed E-state index contributed by atoms with van der Waals surface area (Å²) in [6, 6.07) is 3.15. The number of aromatic nitrogens is 4. The van der Waals surface area contributed by atoms with Gasteiger partial charge in [0.15, 0.2) is 5.82 Å². The summed E-state index contributed by atoms with van der Waals surface area (Å²) < 4.78 is 12.2. The van der Waals surface area contributed by atoms with Gasteiger partial charge in [0.2, 0.25) is 0 Å². The molecule has 0 spiro atoms. The van der Waals surface area contributed by atoms with E-state index in [2.05, 4.69) is 20.4 Å². The van der Waals surface area contributed by atoms with Gasteiger partial charge < -0.3 is 19.7 Å². The fourth-order valence-corrected chi connectivity index (χ4v) is 2.65. The molecule has 0 aliphatic carbocycles. The molecule has 9 heteroatoms. The molecule has 1 atom stereocenters. The van der Waals surface area contributed by atoms with Crippen LogP contribution in [-0.2, 0) is 16.5 Å². The number of morpholine rings is 1. The summed E-state index contributed by atoms with van der Waals surface area (Å²) >= 11 is 0. The first-order chi connectivity index (χ1) is 12.2. The van der Waals surface area contributed by atoms with Gasteiger partial charge in [0, 0.05) is 39.6 Å². The maximum absolute atomic E-state index is 12.8. The van der Waals surface area contributed by atoms with Gasteiger partial charge in [0.05, 0.1) is 19.8 Å². The quantitative estimate of drug-likeness (QED) is 0.760. The predicted octanol–water partition coefficient (Wildman–Crippen LogP) is 0.482. The van der Waals surface area contributed by atoms with Crippen molar-refractivity contribution in [1.82, 2.24) is 24.6 Å². The van der Waals surface area contributed by atoms with E-state index < -0.39 is 0 Å². The van der Waals surface area contributed by atoms with Crippen molar-refractivity contribution in [2.24, 2.45) is 7.05 Å². The molecule has 3 rings (SSSR count). The third-order valence-corrected chi connectivity index (χ3v) is 3.91. The van der Waals surface area contributed by atoms with Crippen LogP contribution in [0.5, 0.6) is 0 Å². The van der Waals surface area contributed by atoms with Crippen LogP contribution in [0.25, 0.3) is 0 Å². The highest BCUT2D eigenvalue weighted by Gasteiger charge is 2.32. The zero-order valence-corrected chi connectivity index (χ0v) is 14.4. The van der Waals surface area contributed by atoms with E-state index in [1.54, 1.807) is 48.3 Å². The van der Waals surface area contributed by atoms with Crippen molar-refractivity contribution in [3.63, 3.8) is 0 Å². The summed E-state index contributed by atoms with van der Waals surface area (Å²) in [7, 11) is 3.43. The van der Waals surface area contributed by atoms with Crippen LogP contribution >= 0.6 is 0 Å². The van der Waals surface area contributed by atoms with Crippen molar-refractivity contribution in [3.05, 3.63) is 36.0 Å². The molecule has 0 radical (unpaired) electrons. The molecule has 3 heterocycles. The van der Waals surface area contributed by atoms with E-state index in [4.69, 9.17) is 9.47 Å². The standard InChI is InChI=1S/C16H22N6O3/c1-21-7-4-12(20-21)16(23)22-8-10-25-11-13(22)15-18-5-3-14(19-15)17-6-9-24-2/h3-5,7,13H,6,8-11H2,1-2H3,(H,17,18,19)/t13-/m1/s1. The van der Waals surface area contributed by atoms with Gasteiger partial charge in [0.1, 0.15) is 17.6 Å². The maximum Gasteiger partial charge on any atom is 0.275 e. The van der Waals surface area contributed by atoms with Crippen molar-refractivity contribution in [1.29, 1.82) is 0 Å². The lowest BCUT2D eigenvalue weighted by molar-refractivity contribution is -0.00553. The Morgan fingerprint density at radius 1 is 1.48 bits per heavy atom. The molecule has 2 aromatic rings. The van der Waals surface area contributed by atoms with Crippen molar-refractivity contribution in [3.8, 4) is 0 Å². The number of ether oxygens (including phenoxy) is 2. The minimum Gasteiger partial charge on any atom is -0.383 e. The van der Waals surface area contributed by atoms with Gasteiger partial charge in [-0.15, -0.1) is 0 Å². The molecule has 1 N–H and O–H groups in total. The largest absolute Gasteiger partial charge is 0.383 e. The molecule has 1 aliphatic rings. The fourth-order valence-electron chi connectivity index (χ4n) is 2.65. The number of nitrogens with zero attached hydrogens (tertiary/aromatic N) is 5. The van der Waals surface area contributed by atoms with Gasteiger partial charge in [-0.25, -0.2) is 9.97 Å². The molecular weight excluding hydrogens is 324 g/mol. The van der Waals surface area contributed by atoms with E-state index in [9.17, 15) is 4.79 Å². The number of rotatable bonds is 6.